The number of rotatable bonds is 12. The zero-order valence-corrected chi connectivity index (χ0v) is 19.9. The average Bonchev–Trinajstić information content (AvgIpc) is 2.86. The number of amides is 1. The molecule has 1 aliphatic heterocycles. The number of nitrogens with one attached hydrogen (secondary N) is 3. The van der Waals surface area contributed by atoms with E-state index in [0.717, 1.165) is 43.6 Å². The molecule has 1 unspecified atom stereocenters. The lowest BCUT2D eigenvalue weighted by Crippen LogP contribution is -2.39. The molecule has 2 aromatic rings. The van der Waals surface area contributed by atoms with Crippen LogP contribution in [0.25, 0.3) is 0 Å². The number of hydrogen-bond donors (Lipinski definition) is 3. The summed E-state index contributed by atoms with van der Waals surface area (Å²) in [6, 6.07) is 7.07. The zero-order chi connectivity index (χ0) is 23.5. The number of ether oxygens (including phenoxy) is 3. The Morgan fingerprint density at radius 1 is 1.06 bits per heavy atom. The fraction of sp³-hybridized carbons (Fsp3) is 0.520. The van der Waals surface area contributed by atoms with Gasteiger partial charge in [-0.25, -0.2) is 0 Å². The van der Waals surface area contributed by atoms with E-state index in [4.69, 9.17) is 14.2 Å². The van der Waals surface area contributed by atoms with Crippen molar-refractivity contribution in [1.82, 2.24) is 20.9 Å². The number of aromatic nitrogens is 1. The van der Waals surface area contributed by atoms with E-state index in [1.807, 2.05) is 24.3 Å². The smallest absolute Gasteiger partial charge is 0.241 e. The molecular weight excluding hydrogens is 420 g/mol. The third-order valence-corrected chi connectivity index (χ3v) is 6.10. The molecule has 0 bridgehead atoms. The van der Waals surface area contributed by atoms with E-state index in [0.29, 0.717) is 29.7 Å². The summed E-state index contributed by atoms with van der Waals surface area (Å²) in [5.74, 6) is 2.16. The first-order chi connectivity index (χ1) is 16.2. The number of nitrogens with zero attached hydrogens (tertiary/aromatic N) is 1. The topological polar surface area (TPSA) is 93.7 Å². The van der Waals surface area contributed by atoms with Gasteiger partial charge < -0.3 is 30.2 Å². The summed E-state index contributed by atoms with van der Waals surface area (Å²) < 4.78 is 16.5. The van der Waals surface area contributed by atoms with Crippen molar-refractivity contribution in [2.45, 2.75) is 31.7 Å². The zero-order valence-electron chi connectivity index (χ0n) is 19.9. The monoisotopic (exact) mass is 456 g/mol. The van der Waals surface area contributed by atoms with E-state index >= 15 is 0 Å². The molecule has 2 heterocycles. The van der Waals surface area contributed by atoms with Crippen molar-refractivity contribution < 1.29 is 19.0 Å². The number of hydrogen-bond acceptors (Lipinski definition) is 7. The molecule has 1 aromatic carbocycles. The van der Waals surface area contributed by atoms with E-state index in [-0.39, 0.29) is 5.91 Å². The molecule has 8 nitrogen and oxygen atoms in total. The first-order valence-electron chi connectivity index (χ1n) is 11.6. The van der Waals surface area contributed by atoms with Crippen LogP contribution in [0.1, 0.15) is 36.4 Å². The quantitative estimate of drug-likeness (QED) is 0.452. The number of carbonyl (C=O) groups excluding carboxylic acids is 1. The van der Waals surface area contributed by atoms with Gasteiger partial charge in [-0.2, -0.15) is 0 Å². The Kier molecular flexibility index (Phi) is 9.77. The lowest BCUT2D eigenvalue weighted by atomic mass is 9.94. The molecule has 0 aliphatic carbocycles. The van der Waals surface area contributed by atoms with Crippen LogP contribution in [0.2, 0.25) is 0 Å². The van der Waals surface area contributed by atoms with E-state index in [1.165, 1.54) is 12.8 Å². The van der Waals surface area contributed by atoms with Crippen LogP contribution >= 0.6 is 0 Å². The molecule has 3 rings (SSSR count). The molecule has 8 heteroatoms. The Hall–Kier alpha value is -2.84. The van der Waals surface area contributed by atoms with Crippen molar-refractivity contribution in [1.29, 1.82) is 0 Å². The van der Waals surface area contributed by atoms with Gasteiger partial charge in [0.15, 0.2) is 11.5 Å². The van der Waals surface area contributed by atoms with Crippen LogP contribution in [0.3, 0.4) is 0 Å². The molecule has 1 amide bonds. The summed E-state index contributed by atoms with van der Waals surface area (Å²) in [5.41, 5.74) is 1.91. The summed E-state index contributed by atoms with van der Waals surface area (Å²) in [6.45, 7) is 3.43. The maximum absolute atomic E-state index is 13.3. The Morgan fingerprint density at radius 2 is 1.73 bits per heavy atom. The Bertz CT molecular complexity index is 847. The molecule has 180 valence electrons. The summed E-state index contributed by atoms with van der Waals surface area (Å²) in [4.78, 5) is 17.3. The molecule has 1 aliphatic rings. The highest BCUT2D eigenvalue weighted by atomic mass is 16.5. The van der Waals surface area contributed by atoms with Crippen molar-refractivity contribution >= 4 is 5.91 Å². The van der Waals surface area contributed by atoms with Gasteiger partial charge in [-0.3, -0.25) is 9.78 Å². The lowest BCUT2D eigenvalue weighted by Gasteiger charge is -2.25. The number of carbonyl (C=O) groups is 1. The number of methoxy groups -OCH3 is 3. The predicted octanol–water partition coefficient (Wildman–Crippen LogP) is 2.49. The maximum Gasteiger partial charge on any atom is 0.241 e. The predicted molar refractivity (Wildman–Crippen MR) is 128 cm³/mol. The standard InChI is InChI=1S/C25H36N4O4/c1-31-21-16-20(17-22(32-2)24(21)33-3)23(28-14-8-18-4-10-26-11-5-18)25(30)29-15-9-19-6-12-27-13-7-19/h6-7,12-13,16-18,23,26,28H,4-5,8-11,14-15H2,1-3H3,(H,29,30). The van der Waals surface area contributed by atoms with Crippen LogP contribution in [0.15, 0.2) is 36.7 Å². The van der Waals surface area contributed by atoms with Crippen molar-refractivity contribution in [2.24, 2.45) is 5.92 Å². The molecule has 1 fully saturated rings. The van der Waals surface area contributed by atoms with E-state index < -0.39 is 6.04 Å². The van der Waals surface area contributed by atoms with Gasteiger partial charge in [-0.05, 0) is 86.6 Å². The minimum atomic E-state index is -0.530. The maximum atomic E-state index is 13.3. The molecule has 0 spiro atoms. The Balaban J connectivity index is 1.73. The van der Waals surface area contributed by atoms with E-state index in [9.17, 15) is 4.79 Å². The van der Waals surface area contributed by atoms with Gasteiger partial charge in [-0.15, -0.1) is 0 Å². The van der Waals surface area contributed by atoms with Crippen LogP contribution in [-0.4, -0.2) is 58.4 Å². The van der Waals surface area contributed by atoms with Crippen molar-refractivity contribution in [3.05, 3.63) is 47.8 Å². The van der Waals surface area contributed by atoms with Crippen LogP contribution < -0.4 is 30.2 Å². The lowest BCUT2D eigenvalue weighted by molar-refractivity contribution is -0.123. The molecule has 0 saturated carbocycles. The van der Waals surface area contributed by atoms with Gasteiger partial charge >= 0.3 is 0 Å². The number of piperidine rings is 1. The fourth-order valence-corrected chi connectivity index (χ4v) is 4.21. The Labute approximate surface area is 196 Å². The second-order valence-corrected chi connectivity index (χ2v) is 8.22. The summed E-state index contributed by atoms with van der Waals surface area (Å²) in [6.07, 6.45) is 7.65. The molecule has 1 aromatic heterocycles. The van der Waals surface area contributed by atoms with Crippen molar-refractivity contribution in [2.75, 3.05) is 47.5 Å². The molecule has 1 atom stereocenters. The highest BCUT2D eigenvalue weighted by Crippen LogP contribution is 2.39. The third-order valence-electron chi connectivity index (χ3n) is 6.10. The first-order valence-corrected chi connectivity index (χ1v) is 11.6. The van der Waals surface area contributed by atoms with Crippen molar-refractivity contribution in [3.63, 3.8) is 0 Å². The molecule has 0 radical (unpaired) electrons. The average molecular weight is 457 g/mol. The van der Waals surface area contributed by atoms with Crippen LogP contribution in [0, 0.1) is 5.92 Å². The number of pyridine rings is 1. The Morgan fingerprint density at radius 3 is 2.33 bits per heavy atom. The second-order valence-electron chi connectivity index (χ2n) is 8.22. The SMILES string of the molecule is COc1cc(C(NCCC2CCNCC2)C(=O)NCCc2ccncc2)cc(OC)c1OC. The first kappa shape index (κ1) is 24.8. The molecule has 1 saturated heterocycles. The van der Waals surface area contributed by atoms with Gasteiger partial charge in [0.2, 0.25) is 11.7 Å². The molecular formula is C25H36N4O4. The van der Waals surface area contributed by atoms with E-state index in [2.05, 4.69) is 20.9 Å². The number of benzene rings is 1. The minimum Gasteiger partial charge on any atom is -0.493 e. The van der Waals surface area contributed by atoms with Gasteiger partial charge in [0, 0.05) is 18.9 Å². The highest BCUT2D eigenvalue weighted by molar-refractivity contribution is 5.83. The third kappa shape index (κ3) is 7.07. The second kappa shape index (κ2) is 13.0. The minimum absolute atomic E-state index is 0.0800. The summed E-state index contributed by atoms with van der Waals surface area (Å²) in [5, 5.41) is 9.96. The highest BCUT2D eigenvalue weighted by Gasteiger charge is 2.24. The summed E-state index contributed by atoms with van der Waals surface area (Å²) in [7, 11) is 4.73. The van der Waals surface area contributed by atoms with E-state index in [1.54, 1.807) is 33.7 Å². The van der Waals surface area contributed by atoms with Crippen molar-refractivity contribution in [3.8, 4) is 17.2 Å². The normalized spacial score (nSPS) is 15.0. The van der Waals surface area contributed by atoms with Crippen LogP contribution in [0.5, 0.6) is 17.2 Å². The molecule has 3 N–H and O–H groups in total. The van der Waals surface area contributed by atoms with Gasteiger partial charge in [0.1, 0.15) is 6.04 Å². The summed E-state index contributed by atoms with van der Waals surface area (Å²) >= 11 is 0. The van der Waals surface area contributed by atoms with Gasteiger partial charge in [-0.1, -0.05) is 0 Å². The van der Waals surface area contributed by atoms with Gasteiger partial charge in [0.25, 0.3) is 0 Å². The van der Waals surface area contributed by atoms with Crippen LogP contribution in [-0.2, 0) is 11.2 Å². The van der Waals surface area contributed by atoms with Crippen LogP contribution in [0.4, 0.5) is 0 Å². The van der Waals surface area contributed by atoms with Gasteiger partial charge in [0.05, 0.1) is 21.3 Å². The largest absolute Gasteiger partial charge is 0.493 e. The molecule has 33 heavy (non-hydrogen) atoms. The fourth-order valence-electron chi connectivity index (χ4n) is 4.21.